The Morgan fingerprint density at radius 1 is 0.720 bits per heavy atom. The van der Waals surface area contributed by atoms with Crippen molar-refractivity contribution in [2.45, 2.75) is 103 Å². The highest BCUT2D eigenvalue weighted by Crippen LogP contribution is 2.28. The molecule has 0 bridgehead atoms. The average molecular weight is 357 g/mol. The first-order valence-corrected chi connectivity index (χ1v) is 14.2. The molecule has 0 aliphatic heterocycles. The normalized spacial score (nSPS) is 17.4. The first-order valence-electron chi connectivity index (χ1n) is 10.8. The number of allylic oxidation sites excluding steroid dienone is 8. The molecule has 0 spiro atoms. The molecule has 0 aromatic rings. The third kappa shape index (κ3) is 7.52. The predicted octanol–water partition coefficient (Wildman–Crippen LogP) is 8.37. The van der Waals surface area contributed by atoms with Gasteiger partial charge < -0.3 is 0 Å². The van der Waals surface area contributed by atoms with Crippen LogP contribution in [0.3, 0.4) is 0 Å². The maximum atomic E-state index is 2.62. The molecule has 0 heterocycles. The molecule has 1 heteroatoms. The lowest BCUT2D eigenvalue weighted by molar-refractivity contribution is 0.747. The van der Waals surface area contributed by atoms with Gasteiger partial charge in [-0.2, -0.15) is 0 Å². The number of rotatable bonds is 12. The summed E-state index contributed by atoms with van der Waals surface area (Å²) in [7, 11) is -0.963. The summed E-state index contributed by atoms with van der Waals surface area (Å²) in [5.74, 6) is 0. The van der Waals surface area contributed by atoms with E-state index in [9.17, 15) is 0 Å². The van der Waals surface area contributed by atoms with E-state index in [4.69, 9.17) is 0 Å². The van der Waals surface area contributed by atoms with Gasteiger partial charge in [0.05, 0.1) is 0 Å². The summed E-state index contributed by atoms with van der Waals surface area (Å²) in [6.45, 7) is 9.76. The minimum atomic E-state index is -0.963. The molecule has 0 radical (unpaired) electrons. The molecule has 0 saturated carbocycles. The average Bonchev–Trinajstić information content (AvgIpc) is 3.24. The van der Waals surface area contributed by atoms with Crippen LogP contribution in [0.2, 0.25) is 25.2 Å². The maximum Gasteiger partial charge on any atom is 0.0473 e. The van der Waals surface area contributed by atoms with E-state index in [1.165, 1.54) is 76.3 Å². The Hall–Kier alpha value is -0.823. The maximum absolute atomic E-state index is 2.62. The van der Waals surface area contributed by atoms with Gasteiger partial charge in [0, 0.05) is 8.07 Å². The van der Waals surface area contributed by atoms with Crippen molar-refractivity contribution < 1.29 is 0 Å². The Bertz CT molecular complexity index is 494. The van der Waals surface area contributed by atoms with Crippen LogP contribution in [0.4, 0.5) is 0 Å². The van der Waals surface area contributed by atoms with Crippen LogP contribution in [0.15, 0.2) is 46.6 Å². The van der Waals surface area contributed by atoms with Gasteiger partial charge in [0.25, 0.3) is 0 Å². The summed E-state index contributed by atoms with van der Waals surface area (Å²) in [4.78, 5) is 0. The smallest absolute Gasteiger partial charge is 0.0473 e. The molecule has 0 aromatic heterocycles. The highest BCUT2D eigenvalue weighted by Gasteiger charge is 2.19. The molecule has 2 aliphatic carbocycles. The van der Waals surface area contributed by atoms with Crippen LogP contribution in [0.5, 0.6) is 0 Å². The molecular weight excluding hydrogens is 316 g/mol. The zero-order valence-corrected chi connectivity index (χ0v) is 18.3. The van der Waals surface area contributed by atoms with Crippen LogP contribution < -0.4 is 0 Å². The summed E-state index contributed by atoms with van der Waals surface area (Å²) in [6.07, 6.45) is 23.0. The molecule has 0 N–H and O–H groups in total. The van der Waals surface area contributed by atoms with Crippen molar-refractivity contribution in [1.82, 2.24) is 0 Å². The van der Waals surface area contributed by atoms with Crippen molar-refractivity contribution in [3.63, 3.8) is 0 Å². The van der Waals surface area contributed by atoms with E-state index >= 15 is 0 Å². The van der Waals surface area contributed by atoms with E-state index < -0.39 is 8.07 Å². The second kappa shape index (κ2) is 10.4. The molecule has 2 rings (SSSR count). The second-order valence-electron chi connectivity index (χ2n) is 8.86. The Labute approximate surface area is 158 Å². The van der Waals surface area contributed by atoms with Crippen LogP contribution >= 0.6 is 0 Å². The standard InChI is InChI=1S/C24H40Si/c1-5-21-13-15-23(19-21)11-7-9-17-25(3,4)18-10-8-12-24-16-14-22(6-2)20-24/h13-14,19-20H,5-12,15-18H2,1-4H3. The first kappa shape index (κ1) is 20.5. The number of hydrogen-bond acceptors (Lipinski definition) is 0. The van der Waals surface area contributed by atoms with Crippen LogP contribution in [0.1, 0.15) is 78.1 Å². The van der Waals surface area contributed by atoms with Crippen molar-refractivity contribution in [2.75, 3.05) is 0 Å². The fourth-order valence-corrected chi connectivity index (χ4v) is 6.83. The van der Waals surface area contributed by atoms with E-state index in [0.29, 0.717) is 0 Å². The largest absolute Gasteiger partial charge is 0.0773 e. The van der Waals surface area contributed by atoms with Gasteiger partial charge in [-0.05, 0) is 51.4 Å². The van der Waals surface area contributed by atoms with Crippen LogP contribution in [-0.4, -0.2) is 8.07 Å². The van der Waals surface area contributed by atoms with E-state index in [-0.39, 0.29) is 0 Å². The third-order valence-electron chi connectivity index (χ3n) is 6.05. The molecule has 25 heavy (non-hydrogen) atoms. The molecule has 140 valence electrons. The molecule has 0 unspecified atom stereocenters. The summed E-state index contributed by atoms with van der Waals surface area (Å²) in [5.41, 5.74) is 6.48. The fraction of sp³-hybridized carbons (Fsp3) is 0.667. The molecule has 0 saturated heterocycles. The molecule has 0 fully saturated rings. The van der Waals surface area contributed by atoms with Crippen LogP contribution in [0, 0.1) is 0 Å². The molecule has 0 atom stereocenters. The summed E-state index contributed by atoms with van der Waals surface area (Å²) in [6, 6.07) is 3.05. The van der Waals surface area contributed by atoms with Gasteiger partial charge in [0.2, 0.25) is 0 Å². The van der Waals surface area contributed by atoms with Gasteiger partial charge in [-0.25, -0.2) is 0 Å². The Balaban J connectivity index is 1.53. The molecule has 2 aliphatic rings. The highest BCUT2D eigenvalue weighted by molar-refractivity contribution is 6.77. The van der Waals surface area contributed by atoms with Crippen LogP contribution in [-0.2, 0) is 0 Å². The molecule has 0 nitrogen and oxygen atoms in total. The lowest BCUT2D eigenvalue weighted by Gasteiger charge is -2.22. The van der Waals surface area contributed by atoms with Gasteiger partial charge >= 0.3 is 0 Å². The van der Waals surface area contributed by atoms with Crippen LogP contribution in [0.25, 0.3) is 0 Å². The summed E-state index contributed by atoms with van der Waals surface area (Å²) >= 11 is 0. The van der Waals surface area contributed by atoms with E-state index in [0.717, 1.165) is 0 Å². The molecule has 0 amide bonds. The first-order chi connectivity index (χ1) is 12.0. The van der Waals surface area contributed by atoms with Crippen molar-refractivity contribution in [3.05, 3.63) is 46.6 Å². The highest BCUT2D eigenvalue weighted by atomic mass is 28.3. The number of hydrogen-bond donors (Lipinski definition) is 0. The predicted molar refractivity (Wildman–Crippen MR) is 117 cm³/mol. The fourth-order valence-electron chi connectivity index (χ4n) is 4.16. The monoisotopic (exact) mass is 356 g/mol. The Kier molecular flexibility index (Phi) is 8.49. The third-order valence-corrected chi connectivity index (χ3v) is 9.47. The van der Waals surface area contributed by atoms with E-state index in [2.05, 4.69) is 51.2 Å². The summed E-state index contributed by atoms with van der Waals surface area (Å²) < 4.78 is 0. The number of unbranched alkanes of at least 4 members (excludes halogenated alkanes) is 2. The zero-order valence-electron chi connectivity index (χ0n) is 17.3. The minimum Gasteiger partial charge on any atom is -0.0773 e. The topological polar surface area (TPSA) is 0 Å². The van der Waals surface area contributed by atoms with E-state index in [1.807, 2.05) is 0 Å². The van der Waals surface area contributed by atoms with Crippen molar-refractivity contribution >= 4 is 8.07 Å². The Morgan fingerprint density at radius 2 is 1.16 bits per heavy atom. The van der Waals surface area contributed by atoms with Gasteiger partial charge in [0.1, 0.15) is 0 Å². The molecular formula is C24H40Si. The van der Waals surface area contributed by atoms with Gasteiger partial charge in [-0.3, -0.25) is 0 Å². The van der Waals surface area contributed by atoms with Crippen molar-refractivity contribution in [2.24, 2.45) is 0 Å². The lowest BCUT2D eigenvalue weighted by atomic mass is 10.1. The molecule has 0 aromatic carbocycles. The Morgan fingerprint density at radius 3 is 1.52 bits per heavy atom. The van der Waals surface area contributed by atoms with Crippen molar-refractivity contribution in [3.8, 4) is 0 Å². The van der Waals surface area contributed by atoms with Gasteiger partial charge in [0.15, 0.2) is 0 Å². The SMILES string of the molecule is CCC1=CCC(CCCC[Si](C)(C)CCCCC2=CC(CC)=CC2)=C1. The quantitative estimate of drug-likeness (QED) is 0.243. The van der Waals surface area contributed by atoms with Gasteiger partial charge in [-0.1, -0.05) is 98.5 Å². The second-order valence-corrected chi connectivity index (χ2v) is 14.2. The van der Waals surface area contributed by atoms with Crippen molar-refractivity contribution in [1.29, 1.82) is 0 Å². The van der Waals surface area contributed by atoms with Gasteiger partial charge in [-0.15, -0.1) is 0 Å². The lowest BCUT2D eigenvalue weighted by Crippen LogP contribution is -2.24. The zero-order chi connectivity index (χ0) is 18.1. The minimum absolute atomic E-state index is 0.963. The van der Waals surface area contributed by atoms with E-state index in [1.54, 1.807) is 22.3 Å². The summed E-state index contributed by atoms with van der Waals surface area (Å²) in [5, 5.41) is 0.